The Labute approximate surface area is 160 Å². The van der Waals surface area contributed by atoms with Crippen LogP contribution in [0.5, 0.6) is 0 Å². The zero-order chi connectivity index (χ0) is 18.0. The molecule has 1 atom stereocenters. The van der Waals surface area contributed by atoms with Gasteiger partial charge in [0.05, 0.1) is 0 Å². The summed E-state index contributed by atoms with van der Waals surface area (Å²) in [6, 6.07) is 29.5. The van der Waals surface area contributed by atoms with E-state index in [1.807, 2.05) is 66.7 Å². The molecule has 1 unspecified atom stereocenters. The Morgan fingerprint density at radius 1 is 0.846 bits per heavy atom. The predicted octanol–water partition coefficient (Wildman–Crippen LogP) is 3.77. The molecular weight excluding hydrogens is 389 g/mol. The molecule has 0 spiro atoms. The van der Waals surface area contributed by atoms with Crippen molar-refractivity contribution in [1.29, 1.82) is 0 Å². The maximum absolute atomic E-state index is 12.4. The standard InChI is InChI=1S/C22H21NO2Se/c24-22(18-10-4-1-5-11-18)25-20(16-23-19-12-6-2-7-13-19)17-26-21-14-8-3-9-15-21/h1-15,20,23H,16-17H2. The van der Waals surface area contributed by atoms with Gasteiger partial charge in [-0.05, 0) is 0 Å². The van der Waals surface area contributed by atoms with Crippen LogP contribution in [-0.4, -0.2) is 33.6 Å². The third kappa shape index (κ3) is 5.76. The van der Waals surface area contributed by atoms with E-state index in [2.05, 4.69) is 17.4 Å². The van der Waals surface area contributed by atoms with Crippen LogP contribution in [0.2, 0.25) is 5.32 Å². The average Bonchev–Trinajstić information content (AvgIpc) is 2.72. The van der Waals surface area contributed by atoms with Gasteiger partial charge in [-0.15, -0.1) is 0 Å². The van der Waals surface area contributed by atoms with Gasteiger partial charge in [0.25, 0.3) is 0 Å². The normalized spacial score (nSPS) is 11.5. The number of carbonyl (C=O) groups is 1. The van der Waals surface area contributed by atoms with E-state index in [9.17, 15) is 4.79 Å². The topological polar surface area (TPSA) is 38.3 Å². The summed E-state index contributed by atoms with van der Waals surface area (Å²) in [6.07, 6.45) is -0.178. The van der Waals surface area contributed by atoms with Crippen LogP contribution in [0.1, 0.15) is 10.4 Å². The minimum absolute atomic E-state index is 0.178. The molecule has 3 rings (SSSR count). The molecule has 3 nitrogen and oxygen atoms in total. The molecule has 0 aliphatic carbocycles. The molecule has 0 saturated carbocycles. The van der Waals surface area contributed by atoms with Crippen molar-refractivity contribution in [3.8, 4) is 0 Å². The molecule has 3 aromatic carbocycles. The first-order valence-electron chi connectivity index (χ1n) is 8.54. The fourth-order valence-electron chi connectivity index (χ4n) is 2.42. The van der Waals surface area contributed by atoms with Gasteiger partial charge in [0.15, 0.2) is 0 Å². The molecule has 132 valence electrons. The first kappa shape index (κ1) is 18.2. The third-order valence-corrected chi connectivity index (χ3v) is 6.17. The van der Waals surface area contributed by atoms with Crippen molar-refractivity contribution in [1.82, 2.24) is 0 Å². The van der Waals surface area contributed by atoms with Crippen LogP contribution in [-0.2, 0) is 4.74 Å². The second-order valence-electron chi connectivity index (χ2n) is 5.76. The number of hydrogen-bond acceptors (Lipinski definition) is 3. The van der Waals surface area contributed by atoms with Crippen LogP contribution < -0.4 is 9.78 Å². The van der Waals surface area contributed by atoms with Gasteiger partial charge in [0, 0.05) is 0 Å². The first-order valence-corrected chi connectivity index (χ1v) is 10.6. The number of rotatable bonds is 8. The summed E-state index contributed by atoms with van der Waals surface area (Å²) in [5, 5.41) is 4.20. The monoisotopic (exact) mass is 411 g/mol. The maximum atomic E-state index is 12.4. The Hall–Kier alpha value is -2.55. The van der Waals surface area contributed by atoms with Crippen LogP contribution in [0.25, 0.3) is 0 Å². The Kier molecular flexibility index (Phi) is 6.88. The van der Waals surface area contributed by atoms with Gasteiger partial charge in [-0.1, -0.05) is 0 Å². The van der Waals surface area contributed by atoms with E-state index in [-0.39, 0.29) is 27.0 Å². The molecule has 0 bridgehead atoms. The van der Waals surface area contributed by atoms with E-state index in [1.165, 1.54) is 4.46 Å². The molecular formula is C22H21NO2Se. The Balaban J connectivity index is 1.63. The van der Waals surface area contributed by atoms with E-state index in [1.54, 1.807) is 12.1 Å². The van der Waals surface area contributed by atoms with Gasteiger partial charge in [0.2, 0.25) is 0 Å². The van der Waals surface area contributed by atoms with Gasteiger partial charge < -0.3 is 0 Å². The summed E-state index contributed by atoms with van der Waals surface area (Å²) in [6.45, 7) is 0.594. The molecule has 0 aliphatic heterocycles. The van der Waals surface area contributed by atoms with Crippen LogP contribution in [0.3, 0.4) is 0 Å². The van der Waals surface area contributed by atoms with Crippen molar-refractivity contribution in [2.45, 2.75) is 11.4 Å². The summed E-state index contributed by atoms with van der Waals surface area (Å²) < 4.78 is 7.10. The fourth-order valence-corrected chi connectivity index (χ4v) is 4.34. The van der Waals surface area contributed by atoms with Crippen molar-refractivity contribution >= 4 is 31.1 Å². The second-order valence-corrected chi connectivity index (χ2v) is 8.06. The fraction of sp³-hybridized carbons (Fsp3) is 0.136. The van der Waals surface area contributed by atoms with E-state index >= 15 is 0 Å². The molecule has 0 radical (unpaired) electrons. The SMILES string of the molecule is O=C(OC(CNc1ccccc1)C[Se]c1ccccc1)c1ccccc1. The molecule has 1 N–H and O–H groups in total. The van der Waals surface area contributed by atoms with Gasteiger partial charge >= 0.3 is 160 Å². The van der Waals surface area contributed by atoms with Crippen LogP contribution >= 0.6 is 0 Å². The molecule has 0 aliphatic rings. The van der Waals surface area contributed by atoms with Gasteiger partial charge in [-0.3, -0.25) is 0 Å². The number of nitrogens with one attached hydrogen (secondary N) is 1. The van der Waals surface area contributed by atoms with Crippen molar-refractivity contribution in [2.75, 3.05) is 11.9 Å². The number of esters is 1. The molecule has 0 heterocycles. The molecule has 26 heavy (non-hydrogen) atoms. The van der Waals surface area contributed by atoms with Gasteiger partial charge in [-0.2, -0.15) is 0 Å². The zero-order valence-electron chi connectivity index (χ0n) is 14.4. The summed E-state index contributed by atoms with van der Waals surface area (Å²) in [5.74, 6) is -0.269. The van der Waals surface area contributed by atoms with Crippen LogP contribution in [0.4, 0.5) is 5.69 Å². The summed E-state index contributed by atoms with van der Waals surface area (Å²) >= 11 is 0.251. The van der Waals surface area contributed by atoms with Crippen LogP contribution in [0.15, 0.2) is 91.0 Å². The van der Waals surface area contributed by atoms with E-state index in [0.717, 1.165) is 11.0 Å². The minimum atomic E-state index is -0.269. The van der Waals surface area contributed by atoms with Crippen molar-refractivity contribution in [3.63, 3.8) is 0 Å². The molecule has 0 saturated heterocycles. The van der Waals surface area contributed by atoms with Crippen LogP contribution in [0, 0.1) is 0 Å². The number of anilines is 1. The Morgan fingerprint density at radius 2 is 1.42 bits per heavy atom. The number of benzene rings is 3. The molecule has 0 aromatic heterocycles. The summed E-state index contributed by atoms with van der Waals surface area (Å²) in [7, 11) is 0. The average molecular weight is 410 g/mol. The number of ether oxygens (including phenoxy) is 1. The quantitative estimate of drug-likeness (QED) is 0.454. The summed E-state index contributed by atoms with van der Waals surface area (Å²) in [4.78, 5) is 12.4. The Morgan fingerprint density at radius 3 is 2.08 bits per heavy atom. The zero-order valence-corrected chi connectivity index (χ0v) is 16.1. The predicted molar refractivity (Wildman–Crippen MR) is 107 cm³/mol. The Bertz CT molecular complexity index is 751. The molecule has 3 aromatic rings. The second kappa shape index (κ2) is 9.81. The van der Waals surface area contributed by atoms with Gasteiger partial charge in [0.1, 0.15) is 0 Å². The molecule has 0 amide bonds. The summed E-state index contributed by atoms with van der Waals surface area (Å²) in [5.41, 5.74) is 1.62. The van der Waals surface area contributed by atoms with E-state index < -0.39 is 0 Å². The number of para-hydroxylation sites is 1. The van der Waals surface area contributed by atoms with E-state index in [4.69, 9.17) is 4.74 Å². The third-order valence-electron chi connectivity index (χ3n) is 3.77. The first-order chi connectivity index (χ1) is 12.8. The van der Waals surface area contributed by atoms with Crippen molar-refractivity contribution in [2.24, 2.45) is 0 Å². The molecule has 4 heteroatoms. The van der Waals surface area contributed by atoms with E-state index in [0.29, 0.717) is 12.1 Å². The number of hydrogen-bond donors (Lipinski definition) is 1. The van der Waals surface area contributed by atoms with Crippen molar-refractivity contribution < 1.29 is 9.53 Å². The molecule has 0 fully saturated rings. The number of carbonyl (C=O) groups excluding carboxylic acids is 1. The van der Waals surface area contributed by atoms with Crippen molar-refractivity contribution in [3.05, 3.63) is 96.6 Å². The van der Waals surface area contributed by atoms with Gasteiger partial charge in [-0.25, -0.2) is 0 Å².